The predicted molar refractivity (Wildman–Crippen MR) is 95.7 cm³/mol. The van der Waals surface area contributed by atoms with Gasteiger partial charge in [0.1, 0.15) is 5.82 Å². The second-order valence-electron chi connectivity index (χ2n) is 6.27. The number of rotatable bonds is 4. The van der Waals surface area contributed by atoms with E-state index in [1.807, 2.05) is 23.9 Å². The number of benzene rings is 1. The average Bonchev–Trinajstić information content (AvgIpc) is 2.98. The van der Waals surface area contributed by atoms with Crippen molar-refractivity contribution in [2.75, 3.05) is 18.1 Å². The second-order valence-corrected chi connectivity index (χ2v) is 7.42. The summed E-state index contributed by atoms with van der Waals surface area (Å²) in [5, 5.41) is 6.67. The highest BCUT2D eigenvalue weighted by Gasteiger charge is 2.37. The Labute approximate surface area is 147 Å². The third-order valence-corrected chi connectivity index (χ3v) is 5.79. The van der Waals surface area contributed by atoms with E-state index >= 15 is 0 Å². The van der Waals surface area contributed by atoms with Crippen molar-refractivity contribution < 1.29 is 9.18 Å². The van der Waals surface area contributed by atoms with Crippen LogP contribution in [0, 0.1) is 5.82 Å². The van der Waals surface area contributed by atoms with E-state index in [1.165, 1.54) is 12.1 Å². The van der Waals surface area contributed by atoms with Crippen LogP contribution in [0.25, 0.3) is 0 Å². The summed E-state index contributed by atoms with van der Waals surface area (Å²) >= 11 is 1.90. The number of carbonyl (C=O) groups is 1. The van der Waals surface area contributed by atoms with Crippen molar-refractivity contribution in [3.05, 3.63) is 35.6 Å². The Hall–Kier alpha value is -0.780. The van der Waals surface area contributed by atoms with Gasteiger partial charge < -0.3 is 10.6 Å². The molecule has 1 aromatic rings. The maximum atomic E-state index is 13.2. The molecule has 1 amide bonds. The van der Waals surface area contributed by atoms with Gasteiger partial charge in [-0.05, 0) is 30.5 Å². The van der Waals surface area contributed by atoms with Crippen LogP contribution in [-0.4, -0.2) is 30.0 Å². The Morgan fingerprint density at radius 2 is 2.00 bits per heavy atom. The fourth-order valence-electron chi connectivity index (χ4n) is 3.53. The van der Waals surface area contributed by atoms with Crippen molar-refractivity contribution >= 4 is 30.1 Å². The summed E-state index contributed by atoms with van der Waals surface area (Å²) in [4.78, 5) is 12.5. The van der Waals surface area contributed by atoms with Crippen molar-refractivity contribution in [1.82, 2.24) is 10.6 Å². The van der Waals surface area contributed by atoms with E-state index in [4.69, 9.17) is 0 Å². The highest BCUT2D eigenvalue weighted by molar-refractivity contribution is 7.99. The summed E-state index contributed by atoms with van der Waals surface area (Å²) in [6.45, 7) is 0.978. The molecule has 3 nitrogen and oxygen atoms in total. The third-order valence-electron chi connectivity index (χ3n) is 4.66. The van der Waals surface area contributed by atoms with E-state index in [9.17, 15) is 9.18 Å². The quantitative estimate of drug-likeness (QED) is 0.868. The molecule has 0 spiro atoms. The molecule has 0 radical (unpaired) electrons. The lowest BCUT2D eigenvalue weighted by molar-refractivity contribution is -0.123. The van der Waals surface area contributed by atoms with Gasteiger partial charge in [0.05, 0.1) is 5.54 Å². The molecule has 6 heteroatoms. The molecule has 128 valence electrons. The van der Waals surface area contributed by atoms with Crippen molar-refractivity contribution in [3.8, 4) is 0 Å². The van der Waals surface area contributed by atoms with Gasteiger partial charge in [-0.2, -0.15) is 11.8 Å². The Bertz CT molecular complexity index is 514. The van der Waals surface area contributed by atoms with Gasteiger partial charge in [-0.15, -0.1) is 12.4 Å². The molecule has 1 saturated carbocycles. The summed E-state index contributed by atoms with van der Waals surface area (Å²) in [5.74, 6) is 1.99. The maximum absolute atomic E-state index is 13.2. The first kappa shape index (κ1) is 18.6. The summed E-state index contributed by atoms with van der Waals surface area (Å²) in [7, 11) is 0. The van der Waals surface area contributed by atoms with Gasteiger partial charge in [-0.25, -0.2) is 4.39 Å². The molecule has 1 atom stereocenters. The molecule has 1 aromatic carbocycles. The number of halogens is 2. The van der Waals surface area contributed by atoms with E-state index < -0.39 is 0 Å². The minimum atomic E-state index is -0.299. The second kappa shape index (κ2) is 8.36. The predicted octanol–water partition coefficient (Wildman–Crippen LogP) is 3.23. The molecule has 0 bridgehead atoms. The molecule has 23 heavy (non-hydrogen) atoms. The number of nitrogens with one attached hydrogen (secondary N) is 2. The van der Waals surface area contributed by atoms with E-state index in [-0.39, 0.29) is 35.7 Å². The average molecular weight is 359 g/mol. The lowest BCUT2D eigenvalue weighted by Gasteiger charge is -2.32. The monoisotopic (exact) mass is 358 g/mol. The zero-order valence-corrected chi connectivity index (χ0v) is 14.8. The van der Waals surface area contributed by atoms with E-state index in [0.717, 1.165) is 49.3 Å². The van der Waals surface area contributed by atoms with Crippen LogP contribution in [0.4, 0.5) is 4.39 Å². The number of amides is 1. The van der Waals surface area contributed by atoms with Crippen LogP contribution >= 0.6 is 24.2 Å². The molecular weight excluding hydrogens is 335 g/mol. The Morgan fingerprint density at radius 1 is 1.30 bits per heavy atom. The first-order valence-electron chi connectivity index (χ1n) is 8.06. The topological polar surface area (TPSA) is 41.1 Å². The SMILES string of the molecule is Cl.O=C(CC1CSCCN1)NC1(c2ccc(F)cc2)CCCC1. The van der Waals surface area contributed by atoms with E-state index in [2.05, 4.69) is 10.6 Å². The van der Waals surface area contributed by atoms with Crippen LogP contribution in [0.2, 0.25) is 0 Å². The highest BCUT2D eigenvalue weighted by Crippen LogP contribution is 2.38. The van der Waals surface area contributed by atoms with Gasteiger partial charge in [0.25, 0.3) is 0 Å². The van der Waals surface area contributed by atoms with Crippen LogP contribution in [0.5, 0.6) is 0 Å². The zero-order valence-electron chi connectivity index (χ0n) is 13.1. The summed E-state index contributed by atoms with van der Waals surface area (Å²) < 4.78 is 13.2. The summed E-state index contributed by atoms with van der Waals surface area (Å²) in [5.41, 5.74) is 0.734. The molecule has 1 aliphatic heterocycles. The van der Waals surface area contributed by atoms with E-state index in [1.54, 1.807) is 0 Å². The number of hydrogen-bond donors (Lipinski definition) is 2. The Morgan fingerprint density at radius 3 is 2.61 bits per heavy atom. The lowest BCUT2D eigenvalue weighted by Crippen LogP contribution is -2.47. The molecule has 2 aliphatic rings. The number of carbonyl (C=O) groups excluding carboxylic acids is 1. The fourth-order valence-corrected chi connectivity index (χ4v) is 4.47. The maximum Gasteiger partial charge on any atom is 0.222 e. The standard InChI is InChI=1S/C17H23FN2OS.ClH/c18-14-5-3-13(4-6-14)17(7-1-2-8-17)20-16(21)11-15-12-22-10-9-19-15;/h3-6,15,19H,1-2,7-12H2,(H,20,21);1H. The smallest absolute Gasteiger partial charge is 0.222 e. The Balaban J connectivity index is 0.00000192. The van der Waals surface area contributed by atoms with Crippen LogP contribution in [0.1, 0.15) is 37.7 Å². The molecular formula is C17H24ClFN2OS. The van der Waals surface area contributed by atoms with Gasteiger partial charge >= 0.3 is 0 Å². The highest BCUT2D eigenvalue weighted by atomic mass is 35.5. The van der Waals surface area contributed by atoms with Gasteiger partial charge in [0.2, 0.25) is 5.91 Å². The normalized spacial score (nSPS) is 23.1. The van der Waals surface area contributed by atoms with Crippen LogP contribution in [-0.2, 0) is 10.3 Å². The van der Waals surface area contributed by atoms with Crippen LogP contribution < -0.4 is 10.6 Å². The van der Waals surface area contributed by atoms with Crippen molar-refractivity contribution in [1.29, 1.82) is 0 Å². The third kappa shape index (κ3) is 4.61. The van der Waals surface area contributed by atoms with Crippen molar-refractivity contribution in [2.45, 2.75) is 43.7 Å². The first-order valence-corrected chi connectivity index (χ1v) is 9.22. The summed E-state index contributed by atoms with van der Waals surface area (Å²) in [6, 6.07) is 6.87. The first-order chi connectivity index (χ1) is 10.7. The van der Waals surface area contributed by atoms with Gasteiger partial charge in [-0.3, -0.25) is 4.79 Å². The van der Waals surface area contributed by atoms with Gasteiger partial charge in [0, 0.05) is 30.5 Å². The summed E-state index contributed by atoms with van der Waals surface area (Å²) in [6.07, 6.45) is 4.62. The minimum absolute atomic E-state index is 0. The van der Waals surface area contributed by atoms with Gasteiger partial charge in [0.15, 0.2) is 0 Å². The molecule has 1 saturated heterocycles. The lowest BCUT2D eigenvalue weighted by atomic mass is 9.88. The molecule has 2 fully saturated rings. The van der Waals surface area contributed by atoms with Gasteiger partial charge in [-0.1, -0.05) is 25.0 Å². The number of thioether (sulfide) groups is 1. The van der Waals surface area contributed by atoms with Crippen molar-refractivity contribution in [2.24, 2.45) is 0 Å². The van der Waals surface area contributed by atoms with Crippen molar-refractivity contribution in [3.63, 3.8) is 0 Å². The largest absolute Gasteiger partial charge is 0.347 e. The molecule has 1 heterocycles. The minimum Gasteiger partial charge on any atom is -0.347 e. The molecule has 2 N–H and O–H groups in total. The van der Waals surface area contributed by atoms with E-state index in [0.29, 0.717) is 6.42 Å². The molecule has 0 aromatic heterocycles. The fraction of sp³-hybridized carbons (Fsp3) is 0.588. The molecule has 1 aliphatic carbocycles. The van der Waals surface area contributed by atoms with Crippen LogP contribution in [0.3, 0.4) is 0 Å². The number of hydrogen-bond acceptors (Lipinski definition) is 3. The molecule has 1 unspecified atom stereocenters. The zero-order chi connectivity index (χ0) is 15.4. The Kier molecular flexibility index (Phi) is 6.74. The van der Waals surface area contributed by atoms with Crippen LogP contribution in [0.15, 0.2) is 24.3 Å². The molecule has 3 rings (SSSR count).